The zero-order valence-electron chi connectivity index (χ0n) is 12.8. The van der Waals surface area contributed by atoms with Crippen LogP contribution in [-0.4, -0.2) is 19.2 Å². The monoisotopic (exact) mass is 287 g/mol. The van der Waals surface area contributed by atoms with Gasteiger partial charge in [-0.05, 0) is 43.2 Å². The molecule has 3 N–H and O–H groups in total. The molecule has 0 fully saturated rings. The van der Waals surface area contributed by atoms with Crippen molar-refractivity contribution in [3.05, 3.63) is 52.8 Å². The van der Waals surface area contributed by atoms with Gasteiger partial charge in [-0.2, -0.15) is 0 Å². The van der Waals surface area contributed by atoms with Crippen molar-refractivity contribution in [2.75, 3.05) is 14.2 Å². The van der Waals surface area contributed by atoms with Crippen LogP contribution in [0.25, 0.3) is 0 Å². The maximum Gasteiger partial charge on any atom is 0.122 e. The topological polar surface area (TPSA) is 69.4 Å². The van der Waals surface area contributed by atoms with Crippen molar-refractivity contribution < 1.29 is 9.47 Å². The molecule has 0 amide bonds. The molecule has 5 nitrogen and oxygen atoms in total. The van der Waals surface area contributed by atoms with Crippen LogP contribution in [0.3, 0.4) is 0 Å². The molecule has 1 aromatic heterocycles. The highest BCUT2D eigenvalue weighted by Crippen LogP contribution is 2.30. The number of rotatable bonds is 5. The highest BCUT2D eigenvalue weighted by Gasteiger charge is 2.17. The van der Waals surface area contributed by atoms with E-state index in [4.69, 9.17) is 15.3 Å². The number of aromatic nitrogens is 1. The van der Waals surface area contributed by atoms with Crippen LogP contribution in [-0.2, 0) is 0 Å². The Morgan fingerprint density at radius 1 is 1.05 bits per heavy atom. The van der Waals surface area contributed by atoms with Crippen molar-refractivity contribution >= 4 is 0 Å². The summed E-state index contributed by atoms with van der Waals surface area (Å²) in [5.74, 6) is 7.22. The Balaban J connectivity index is 2.50. The SMILES string of the molecule is COc1cc(OC)cc(C(NN)c2ccc(C)nc2C)c1. The molecule has 0 radical (unpaired) electrons. The van der Waals surface area contributed by atoms with Crippen molar-refractivity contribution in [3.63, 3.8) is 0 Å². The number of nitrogens with zero attached hydrogens (tertiary/aromatic N) is 1. The zero-order chi connectivity index (χ0) is 15.4. The number of nitrogens with one attached hydrogen (secondary N) is 1. The van der Waals surface area contributed by atoms with E-state index in [1.54, 1.807) is 14.2 Å². The fourth-order valence-electron chi connectivity index (χ4n) is 2.36. The molecule has 0 saturated heterocycles. The summed E-state index contributed by atoms with van der Waals surface area (Å²) >= 11 is 0. The van der Waals surface area contributed by atoms with E-state index in [9.17, 15) is 0 Å². The van der Waals surface area contributed by atoms with Gasteiger partial charge in [-0.15, -0.1) is 0 Å². The molecular formula is C16H21N3O2. The lowest BCUT2D eigenvalue weighted by Gasteiger charge is -2.20. The molecule has 0 saturated carbocycles. The second kappa shape index (κ2) is 6.56. The Morgan fingerprint density at radius 3 is 2.14 bits per heavy atom. The number of pyridine rings is 1. The minimum absolute atomic E-state index is 0.179. The van der Waals surface area contributed by atoms with Crippen molar-refractivity contribution in [2.45, 2.75) is 19.9 Å². The van der Waals surface area contributed by atoms with Crippen molar-refractivity contribution in [1.29, 1.82) is 0 Å². The lowest BCUT2D eigenvalue weighted by molar-refractivity contribution is 0.392. The first-order valence-corrected chi connectivity index (χ1v) is 6.72. The first-order valence-electron chi connectivity index (χ1n) is 6.72. The van der Waals surface area contributed by atoms with Gasteiger partial charge in [0, 0.05) is 17.5 Å². The van der Waals surface area contributed by atoms with Crippen molar-refractivity contribution in [2.24, 2.45) is 5.84 Å². The summed E-state index contributed by atoms with van der Waals surface area (Å²) < 4.78 is 10.6. The van der Waals surface area contributed by atoms with Gasteiger partial charge in [0.15, 0.2) is 0 Å². The lowest BCUT2D eigenvalue weighted by atomic mass is 9.97. The maximum atomic E-state index is 5.77. The van der Waals surface area contributed by atoms with E-state index in [2.05, 4.69) is 10.4 Å². The molecule has 1 heterocycles. The molecule has 0 bridgehead atoms. The summed E-state index contributed by atoms with van der Waals surface area (Å²) in [6.45, 7) is 3.94. The molecule has 21 heavy (non-hydrogen) atoms. The van der Waals surface area contributed by atoms with Gasteiger partial charge in [0.1, 0.15) is 11.5 Å². The third-order valence-electron chi connectivity index (χ3n) is 3.45. The Morgan fingerprint density at radius 2 is 1.67 bits per heavy atom. The highest BCUT2D eigenvalue weighted by molar-refractivity contribution is 5.43. The third kappa shape index (κ3) is 3.32. The molecule has 1 atom stereocenters. The number of hydrazine groups is 1. The highest BCUT2D eigenvalue weighted by atomic mass is 16.5. The van der Waals surface area contributed by atoms with Crippen molar-refractivity contribution in [1.82, 2.24) is 10.4 Å². The molecule has 0 aliphatic heterocycles. The number of hydrogen-bond acceptors (Lipinski definition) is 5. The smallest absolute Gasteiger partial charge is 0.122 e. The summed E-state index contributed by atoms with van der Waals surface area (Å²) in [6.07, 6.45) is 0. The average molecular weight is 287 g/mol. The lowest BCUT2D eigenvalue weighted by Crippen LogP contribution is -2.29. The average Bonchev–Trinajstić information content (AvgIpc) is 2.49. The van der Waals surface area contributed by atoms with Crippen LogP contribution in [0.2, 0.25) is 0 Å². The molecule has 5 heteroatoms. The number of hydrogen-bond donors (Lipinski definition) is 2. The van der Waals surface area contributed by atoms with Gasteiger partial charge in [-0.3, -0.25) is 10.8 Å². The van der Waals surface area contributed by atoms with E-state index in [-0.39, 0.29) is 6.04 Å². The fourth-order valence-corrected chi connectivity index (χ4v) is 2.36. The summed E-state index contributed by atoms with van der Waals surface area (Å²) in [7, 11) is 3.25. The zero-order valence-corrected chi connectivity index (χ0v) is 12.8. The predicted octanol–water partition coefficient (Wildman–Crippen LogP) is 2.27. The summed E-state index contributed by atoms with van der Waals surface area (Å²) in [6, 6.07) is 9.54. The number of benzene rings is 1. The third-order valence-corrected chi connectivity index (χ3v) is 3.45. The van der Waals surface area contributed by atoms with Crippen LogP contribution in [0.15, 0.2) is 30.3 Å². The Hall–Kier alpha value is -2.11. The predicted molar refractivity (Wildman–Crippen MR) is 82.4 cm³/mol. The number of methoxy groups -OCH3 is 2. The van der Waals surface area contributed by atoms with Gasteiger partial charge in [0.25, 0.3) is 0 Å². The maximum absolute atomic E-state index is 5.77. The Kier molecular flexibility index (Phi) is 4.77. The second-order valence-electron chi connectivity index (χ2n) is 4.87. The number of nitrogens with two attached hydrogens (primary N) is 1. The molecule has 1 aromatic carbocycles. The number of aryl methyl sites for hydroxylation is 2. The van der Waals surface area contributed by atoms with Crippen LogP contribution in [0.1, 0.15) is 28.6 Å². The van der Waals surface area contributed by atoms with E-state index in [0.717, 1.165) is 34.0 Å². The van der Waals surface area contributed by atoms with Crippen LogP contribution in [0.4, 0.5) is 0 Å². The fraction of sp³-hybridized carbons (Fsp3) is 0.312. The second-order valence-corrected chi connectivity index (χ2v) is 4.87. The van der Waals surface area contributed by atoms with Gasteiger partial charge in [0.2, 0.25) is 0 Å². The summed E-state index contributed by atoms with van der Waals surface area (Å²) in [5, 5.41) is 0. The van der Waals surface area contributed by atoms with Gasteiger partial charge in [-0.25, -0.2) is 5.43 Å². The summed E-state index contributed by atoms with van der Waals surface area (Å²) in [4.78, 5) is 4.50. The van der Waals surface area contributed by atoms with Crippen molar-refractivity contribution in [3.8, 4) is 11.5 Å². The standard InChI is InChI=1S/C16H21N3O2/c1-10-5-6-15(11(2)18-10)16(19-17)12-7-13(20-3)9-14(8-12)21-4/h5-9,16,19H,17H2,1-4H3. The molecule has 0 aliphatic carbocycles. The van der Waals surface area contributed by atoms with Crippen LogP contribution in [0, 0.1) is 13.8 Å². The van der Waals surface area contributed by atoms with Gasteiger partial charge in [0.05, 0.1) is 20.3 Å². The molecular weight excluding hydrogens is 266 g/mol. The first-order chi connectivity index (χ1) is 10.1. The molecule has 112 valence electrons. The first kappa shape index (κ1) is 15.3. The quantitative estimate of drug-likeness (QED) is 0.652. The molecule has 0 aliphatic rings. The summed E-state index contributed by atoms with van der Waals surface area (Å²) in [5.41, 5.74) is 6.76. The van der Waals surface area contributed by atoms with E-state index in [0.29, 0.717) is 0 Å². The minimum atomic E-state index is -0.179. The van der Waals surface area contributed by atoms with Gasteiger partial charge >= 0.3 is 0 Å². The van der Waals surface area contributed by atoms with Gasteiger partial charge < -0.3 is 9.47 Å². The Labute approximate surface area is 125 Å². The molecule has 2 rings (SSSR count). The normalized spacial score (nSPS) is 12.0. The van der Waals surface area contributed by atoms with E-state index in [1.807, 2.05) is 44.2 Å². The van der Waals surface area contributed by atoms with Crippen LogP contribution >= 0.6 is 0 Å². The van der Waals surface area contributed by atoms with Crippen LogP contribution < -0.4 is 20.7 Å². The molecule has 1 unspecified atom stereocenters. The molecule has 0 spiro atoms. The minimum Gasteiger partial charge on any atom is -0.497 e. The van der Waals surface area contributed by atoms with Crippen LogP contribution in [0.5, 0.6) is 11.5 Å². The van der Waals surface area contributed by atoms with E-state index >= 15 is 0 Å². The van der Waals surface area contributed by atoms with E-state index in [1.165, 1.54) is 0 Å². The van der Waals surface area contributed by atoms with Gasteiger partial charge in [-0.1, -0.05) is 6.07 Å². The van der Waals surface area contributed by atoms with E-state index < -0.39 is 0 Å². The Bertz CT molecular complexity index is 607. The molecule has 2 aromatic rings. The number of ether oxygens (including phenoxy) is 2. The largest absolute Gasteiger partial charge is 0.497 e.